The standard InChI is InChI=1S/C18H20N2O4/c1-4-24-18(21)17-12(7-8-22-2)16-13-9-11(23-3)5-6-14(13)20-15(16)10-19-17/h5-6,9-10,20H,4,7-8H2,1-3H3. The molecule has 3 aromatic rings. The Hall–Kier alpha value is -2.60. The van der Waals surface area contributed by atoms with Crippen LogP contribution in [0.4, 0.5) is 0 Å². The molecule has 1 N–H and O–H groups in total. The molecule has 126 valence electrons. The average molecular weight is 328 g/mol. The van der Waals surface area contributed by atoms with Crippen LogP contribution in [-0.4, -0.2) is 43.4 Å². The van der Waals surface area contributed by atoms with Gasteiger partial charge in [0.15, 0.2) is 5.69 Å². The van der Waals surface area contributed by atoms with E-state index in [-0.39, 0.29) is 0 Å². The number of esters is 1. The summed E-state index contributed by atoms with van der Waals surface area (Å²) in [5.41, 5.74) is 3.00. The second kappa shape index (κ2) is 6.88. The Labute approximate surface area is 139 Å². The maximum atomic E-state index is 12.3. The van der Waals surface area contributed by atoms with E-state index in [1.165, 1.54) is 0 Å². The third-order valence-electron chi connectivity index (χ3n) is 3.97. The van der Waals surface area contributed by atoms with Gasteiger partial charge in [-0.3, -0.25) is 0 Å². The number of H-pyrrole nitrogens is 1. The van der Waals surface area contributed by atoms with Crippen LogP contribution >= 0.6 is 0 Å². The summed E-state index contributed by atoms with van der Waals surface area (Å²) in [6.45, 7) is 2.58. The number of carbonyl (C=O) groups excluding carboxylic acids is 1. The summed E-state index contributed by atoms with van der Waals surface area (Å²) in [6.07, 6.45) is 2.24. The molecule has 0 aliphatic carbocycles. The number of nitrogens with one attached hydrogen (secondary N) is 1. The lowest BCUT2D eigenvalue weighted by Crippen LogP contribution is -2.12. The number of rotatable bonds is 6. The number of fused-ring (bicyclic) bond motifs is 3. The molecule has 2 heterocycles. The van der Waals surface area contributed by atoms with Gasteiger partial charge in [-0.2, -0.15) is 0 Å². The lowest BCUT2D eigenvalue weighted by molar-refractivity contribution is 0.0518. The quantitative estimate of drug-likeness (QED) is 0.704. The maximum absolute atomic E-state index is 12.3. The van der Waals surface area contributed by atoms with Gasteiger partial charge in [0.1, 0.15) is 5.75 Å². The lowest BCUT2D eigenvalue weighted by Gasteiger charge is -2.10. The van der Waals surface area contributed by atoms with Gasteiger partial charge >= 0.3 is 5.97 Å². The van der Waals surface area contributed by atoms with Crippen molar-refractivity contribution < 1.29 is 19.0 Å². The Bertz CT molecular complexity index is 885. The van der Waals surface area contributed by atoms with Crippen molar-refractivity contribution >= 4 is 27.8 Å². The van der Waals surface area contributed by atoms with Crippen LogP contribution in [0.15, 0.2) is 24.4 Å². The van der Waals surface area contributed by atoms with Crippen molar-refractivity contribution in [2.45, 2.75) is 13.3 Å². The fraction of sp³-hybridized carbons (Fsp3) is 0.333. The monoisotopic (exact) mass is 328 g/mol. The van der Waals surface area contributed by atoms with E-state index in [0.717, 1.165) is 33.1 Å². The molecule has 0 bridgehead atoms. The third-order valence-corrected chi connectivity index (χ3v) is 3.97. The number of pyridine rings is 1. The van der Waals surface area contributed by atoms with E-state index in [4.69, 9.17) is 14.2 Å². The van der Waals surface area contributed by atoms with Crippen molar-refractivity contribution in [2.75, 3.05) is 27.4 Å². The smallest absolute Gasteiger partial charge is 0.357 e. The highest BCUT2D eigenvalue weighted by Crippen LogP contribution is 2.32. The molecule has 2 aromatic heterocycles. The van der Waals surface area contributed by atoms with Crippen molar-refractivity contribution in [3.05, 3.63) is 35.7 Å². The molecule has 0 aliphatic heterocycles. The second-order valence-electron chi connectivity index (χ2n) is 5.37. The van der Waals surface area contributed by atoms with Crippen LogP contribution in [0, 0.1) is 0 Å². The van der Waals surface area contributed by atoms with Gasteiger partial charge in [-0.05, 0) is 37.1 Å². The van der Waals surface area contributed by atoms with E-state index < -0.39 is 5.97 Å². The normalized spacial score (nSPS) is 11.1. The largest absolute Gasteiger partial charge is 0.497 e. The van der Waals surface area contributed by atoms with Gasteiger partial charge in [0.05, 0.1) is 32.0 Å². The molecule has 0 spiro atoms. The van der Waals surface area contributed by atoms with Crippen LogP contribution in [0.1, 0.15) is 23.0 Å². The van der Waals surface area contributed by atoms with Gasteiger partial charge in [-0.25, -0.2) is 9.78 Å². The predicted molar refractivity (Wildman–Crippen MR) is 91.7 cm³/mol. The number of nitrogens with zero attached hydrogens (tertiary/aromatic N) is 1. The van der Waals surface area contributed by atoms with Gasteiger partial charge in [0, 0.05) is 23.4 Å². The van der Waals surface area contributed by atoms with Crippen molar-refractivity contribution in [1.29, 1.82) is 0 Å². The SMILES string of the molecule is CCOC(=O)c1ncc2[nH]c3ccc(OC)cc3c2c1CCOC. The van der Waals surface area contributed by atoms with Crippen molar-refractivity contribution in [2.24, 2.45) is 0 Å². The molecular formula is C18H20N2O4. The predicted octanol–water partition coefficient (Wildman–Crippen LogP) is 3.09. The molecule has 1 aromatic carbocycles. The fourth-order valence-corrected chi connectivity index (χ4v) is 2.89. The first kappa shape index (κ1) is 16.3. The first-order valence-corrected chi connectivity index (χ1v) is 7.83. The lowest BCUT2D eigenvalue weighted by atomic mass is 10.0. The van der Waals surface area contributed by atoms with E-state index in [2.05, 4.69) is 9.97 Å². The Kier molecular flexibility index (Phi) is 4.66. The maximum Gasteiger partial charge on any atom is 0.357 e. The number of benzene rings is 1. The molecule has 0 fully saturated rings. The van der Waals surface area contributed by atoms with Gasteiger partial charge in [0.2, 0.25) is 0 Å². The minimum absolute atomic E-state index is 0.309. The molecular weight excluding hydrogens is 308 g/mol. The van der Waals surface area contributed by atoms with Gasteiger partial charge < -0.3 is 19.2 Å². The summed E-state index contributed by atoms with van der Waals surface area (Å²) in [4.78, 5) is 19.9. The van der Waals surface area contributed by atoms with E-state index in [1.54, 1.807) is 27.3 Å². The topological polar surface area (TPSA) is 73.4 Å². The molecule has 6 nitrogen and oxygen atoms in total. The van der Waals surface area contributed by atoms with Crippen LogP contribution in [0.2, 0.25) is 0 Å². The number of ether oxygens (including phenoxy) is 3. The van der Waals surface area contributed by atoms with E-state index >= 15 is 0 Å². The van der Waals surface area contributed by atoms with Crippen LogP contribution in [0.5, 0.6) is 5.75 Å². The Balaban J connectivity index is 2.28. The van der Waals surface area contributed by atoms with Crippen molar-refractivity contribution in [3.8, 4) is 5.75 Å². The van der Waals surface area contributed by atoms with Gasteiger partial charge in [-0.1, -0.05) is 0 Å². The zero-order chi connectivity index (χ0) is 17.1. The summed E-state index contributed by atoms with van der Waals surface area (Å²) < 4.78 is 15.7. The molecule has 0 saturated heterocycles. The van der Waals surface area contributed by atoms with E-state index in [1.807, 2.05) is 18.2 Å². The molecule has 0 amide bonds. The number of hydrogen-bond donors (Lipinski definition) is 1. The second-order valence-corrected chi connectivity index (χ2v) is 5.37. The molecule has 6 heteroatoms. The molecule has 0 radical (unpaired) electrons. The number of carbonyl (C=O) groups is 1. The summed E-state index contributed by atoms with van der Waals surface area (Å²) >= 11 is 0. The minimum atomic E-state index is -0.414. The van der Waals surface area contributed by atoms with E-state index in [9.17, 15) is 4.79 Å². The van der Waals surface area contributed by atoms with Crippen LogP contribution in [0.3, 0.4) is 0 Å². The van der Waals surface area contributed by atoms with Crippen molar-refractivity contribution in [1.82, 2.24) is 9.97 Å². The third kappa shape index (κ3) is 2.80. The summed E-state index contributed by atoms with van der Waals surface area (Å²) in [5, 5.41) is 1.95. The summed E-state index contributed by atoms with van der Waals surface area (Å²) in [5.74, 6) is 0.346. The number of hydrogen-bond acceptors (Lipinski definition) is 5. The highest BCUT2D eigenvalue weighted by atomic mass is 16.5. The van der Waals surface area contributed by atoms with E-state index in [0.29, 0.717) is 25.3 Å². The fourth-order valence-electron chi connectivity index (χ4n) is 2.89. The minimum Gasteiger partial charge on any atom is -0.497 e. The van der Waals surface area contributed by atoms with Crippen LogP contribution in [0.25, 0.3) is 21.8 Å². The highest BCUT2D eigenvalue weighted by Gasteiger charge is 2.20. The number of aromatic amines is 1. The molecule has 0 unspecified atom stereocenters. The summed E-state index contributed by atoms with van der Waals surface area (Å²) in [6, 6.07) is 5.81. The molecule has 24 heavy (non-hydrogen) atoms. The van der Waals surface area contributed by atoms with Crippen molar-refractivity contribution in [3.63, 3.8) is 0 Å². The summed E-state index contributed by atoms with van der Waals surface area (Å²) in [7, 11) is 3.27. The number of aromatic nitrogens is 2. The first-order valence-electron chi connectivity index (χ1n) is 7.83. The zero-order valence-electron chi connectivity index (χ0n) is 14.0. The first-order chi connectivity index (χ1) is 11.7. The Morgan fingerprint density at radius 3 is 2.79 bits per heavy atom. The number of methoxy groups -OCH3 is 2. The zero-order valence-corrected chi connectivity index (χ0v) is 14.0. The van der Waals surface area contributed by atoms with Gasteiger partial charge in [0.25, 0.3) is 0 Å². The molecule has 3 rings (SSSR count). The van der Waals surface area contributed by atoms with Crippen LogP contribution in [-0.2, 0) is 15.9 Å². The molecule has 0 atom stereocenters. The average Bonchev–Trinajstić information content (AvgIpc) is 2.97. The van der Waals surface area contributed by atoms with Crippen LogP contribution < -0.4 is 4.74 Å². The molecule has 0 saturated carbocycles. The Morgan fingerprint density at radius 1 is 1.25 bits per heavy atom. The molecule has 0 aliphatic rings. The highest BCUT2D eigenvalue weighted by molar-refractivity contribution is 6.11. The van der Waals surface area contributed by atoms with Gasteiger partial charge in [-0.15, -0.1) is 0 Å². The Morgan fingerprint density at radius 2 is 2.08 bits per heavy atom.